The van der Waals surface area contributed by atoms with E-state index in [9.17, 15) is 8.42 Å². The normalized spacial score (nSPS) is 12.1. The predicted octanol–water partition coefficient (Wildman–Crippen LogP) is 4.64. The third-order valence-electron chi connectivity index (χ3n) is 2.58. The summed E-state index contributed by atoms with van der Waals surface area (Å²) in [6.45, 7) is 0.246. The van der Waals surface area contributed by atoms with Crippen LogP contribution in [0.3, 0.4) is 0 Å². The topological polar surface area (TPSA) is 37.4 Å². The molecule has 0 bridgehead atoms. The fourth-order valence-electron chi connectivity index (χ4n) is 1.58. The highest BCUT2D eigenvalue weighted by Gasteiger charge is 2.24. The fraction of sp³-hybridized carbons (Fsp3) is 0.167. The number of thiophene rings is 1. The molecule has 0 saturated heterocycles. The van der Waals surface area contributed by atoms with Crippen molar-refractivity contribution >= 4 is 60.5 Å². The molecule has 0 N–H and O–H groups in total. The zero-order chi connectivity index (χ0) is 14.9. The second kappa shape index (κ2) is 6.34. The van der Waals surface area contributed by atoms with Gasteiger partial charge in [-0.2, -0.15) is 4.31 Å². The lowest BCUT2D eigenvalue weighted by Crippen LogP contribution is -2.25. The number of halogens is 3. The lowest BCUT2D eigenvalue weighted by molar-refractivity contribution is 0.468. The maximum atomic E-state index is 12.4. The van der Waals surface area contributed by atoms with E-state index in [0.717, 1.165) is 16.9 Å². The molecule has 0 fully saturated rings. The monoisotopic (exact) mass is 413 g/mol. The number of hydrogen-bond acceptors (Lipinski definition) is 3. The molecule has 0 aliphatic carbocycles. The van der Waals surface area contributed by atoms with Gasteiger partial charge in [-0.3, -0.25) is 0 Å². The summed E-state index contributed by atoms with van der Waals surface area (Å²) in [7, 11) is -2.03. The second-order valence-electron chi connectivity index (χ2n) is 4.08. The van der Waals surface area contributed by atoms with Gasteiger partial charge in [0.05, 0.1) is 8.81 Å². The first-order valence-electron chi connectivity index (χ1n) is 5.46. The largest absolute Gasteiger partial charge is 0.252 e. The van der Waals surface area contributed by atoms with Crippen molar-refractivity contribution in [2.24, 2.45) is 0 Å². The summed E-state index contributed by atoms with van der Waals surface area (Å²) >= 11 is 16.1. The minimum Gasteiger partial charge on any atom is -0.206 e. The molecule has 0 saturated carbocycles. The Kier molecular flexibility index (Phi) is 5.15. The van der Waals surface area contributed by atoms with Gasteiger partial charge in [-0.05, 0) is 39.7 Å². The molecule has 8 heteroatoms. The highest BCUT2D eigenvalue weighted by molar-refractivity contribution is 9.11. The average Bonchev–Trinajstić information content (AvgIpc) is 2.70. The van der Waals surface area contributed by atoms with Gasteiger partial charge in [-0.25, -0.2) is 8.42 Å². The summed E-state index contributed by atoms with van der Waals surface area (Å²) in [6, 6.07) is 8.55. The van der Waals surface area contributed by atoms with Gasteiger partial charge in [0.1, 0.15) is 4.21 Å². The van der Waals surface area contributed by atoms with E-state index >= 15 is 0 Å². The Morgan fingerprint density at radius 1 is 1.30 bits per heavy atom. The maximum Gasteiger partial charge on any atom is 0.252 e. The van der Waals surface area contributed by atoms with Crippen molar-refractivity contribution in [2.75, 3.05) is 7.05 Å². The molecule has 3 nitrogen and oxygen atoms in total. The summed E-state index contributed by atoms with van der Waals surface area (Å²) < 4.78 is 26.9. The quantitative estimate of drug-likeness (QED) is 0.730. The van der Waals surface area contributed by atoms with Crippen LogP contribution >= 0.6 is 50.5 Å². The van der Waals surface area contributed by atoms with Crippen molar-refractivity contribution in [3.8, 4) is 0 Å². The molecular formula is C12H10BrCl2NO2S2. The molecule has 1 heterocycles. The SMILES string of the molecule is CN(Cc1cccc(Cl)c1)S(=O)(=O)c1cc(Cl)c(Br)s1. The second-order valence-corrected chi connectivity index (χ2v) is 9.56. The van der Waals surface area contributed by atoms with E-state index in [1.54, 1.807) is 18.2 Å². The smallest absolute Gasteiger partial charge is 0.206 e. The van der Waals surface area contributed by atoms with Gasteiger partial charge in [-0.1, -0.05) is 35.3 Å². The van der Waals surface area contributed by atoms with Crippen LogP contribution in [0.2, 0.25) is 10.0 Å². The van der Waals surface area contributed by atoms with Gasteiger partial charge < -0.3 is 0 Å². The lowest BCUT2D eigenvalue weighted by Gasteiger charge is -2.16. The molecule has 20 heavy (non-hydrogen) atoms. The van der Waals surface area contributed by atoms with Crippen LogP contribution in [-0.2, 0) is 16.6 Å². The highest BCUT2D eigenvalue weighted by Crippen LogP contribution is 2.35. The first-order valence-corrected chi connectivity index (χ1v) is 9.27. The van der Waals surface area contributed by atoms with Crippen LogP contribution in [0, 0.1) is 0 Å². The Bertz CT molecular complexity index is 711. The summed E-state index contributed by atoms with van der Waals surface area (Å²) in [5.41, 5.74) is 0.824. The van der Waals surface area contributed by atoms with Crippen molar-refractivity contribution in [2.45, 2.75) is 10.8 Å². The molecule has 0 aliphatic rings. The van der Waals surface area contributed by atoms with Crippen molar-refractivity contribution in [3.05, 3.63) is 49.7 Å². The van der Waals surface area contributed by atoms with Crippen molar-refractivity contribution < 1.29 is 8.42 Å². The molecule has 0 aliphatic heterocycles. The fourth-order valence-corrected chi connectivity index (χ4v) is 5.57. The van der Waals surface area contributed by atoms with Crippen LogP contribution < -0.4 is 0 Å². The van der Waals surface area contributed by atoms with Crippen LogP contribution in [0.5, 0.6) is 0 Å². The molecule has 0 atom stereocenters. The number of benzene rings is 1. The van der Waals surface area contributed by atoms with Crippen molar-refractivity contribution in [1.29, 1.82) is 0 Å². The molecule has 2 aromatic rings. The van der Waals surface area contributed by atoms with Gasteiger partial charge in [0.2, 0.25) is 0 Å². The zero-order valence-electron chi connectivity index (χ0n) is 10.3. The van der Waals surface area contributed by atoms with E-state index < -0.39 is 10.0 Å². The van der Waals surface area contributed by atoms with E-state index in [-0.39, 0.29) is 10.8 Å². The lowest BCUT2D eigenvalue weighted by atomic mass is 10.2. The molecular weight excluding hydrogens is 405 g/mol. The number of nitrogens with zero attached hydrogens (tertiary/aromatic N) is 1. The third-order valence-corrected chi connectivity index (χ3v) is 7.54. The maximum absolute atomic E-state index is 12.4. The van der Waals surface area contributed by atoms with E-state index in [0.29, 0.717) is 13.8 Å². The van der Waals surface area contributed by atoms with Gasteiger partial charge in [0.25, 0.3) is 10.0 Å². The van der Waals surface area contributed by atoms with Gasteiger partial charge in [0, 0.05) is 18.6 Å². The predicted molar refractivity (Wildman–Crippen MR) is 87.1 cm³/mol. The number of hydrogen-bond donors (Lipinski definition) is 0. The molecule has 2 rings (SSSR count). The molecule has 0 unspecified atom stereocenters. The Morgan fingerprint density at radius 2 is 2.00 bits per heavy atom. The van der Waals surface area contributed by atoms with Crippen LogP contribution in [0.4, 0.5) is 0 Å². The molecule has 108 valence electrons. The summed E-state index contributed by atoms with van der Waals surface area (Å²) in [5.74, 6) is 0. The van der Waals surface area contributed by atoms with E-state index in [4.69, 9.17) is 23.2 Å². The van der Waals surface area contributed by atoms with Crippen molar-refractivity contribution in [3.63, 3.8) is 0 Å². The average molecular weight is 415 g/mol. The van der Waals surface area contributed by atoms with Gasteiger partial charge in [0.15, 0.2) is 0 Å². The molecule has 0 radical (unpaired) electrons. The first-order chi connectivity index (χ1) is 9.30. The van der Waals surface area contributed by atoms with Gasteiger partial charge in [-0.15, -0.1) is 11.3 Å². The van der Waals surface area contributed by atoms with E-state index in [1.165, 1.54) is 17.4 Å². The number of rotatable bonds is 4. The van der Waals surface area contributed by atoms with Crippen LogP contribution in [0.15, 0.2) is 38.3 Å². The summed E-state index contributed by atoms with van der Waals surface area (Å²) in [6.07, 6.45) is 0. The highest BCUT2D eigenvalue weighted by atomic mass is 79.9. The van der Waals surface area contributed by atoms with Gasteiger partial charge >= 0.3 is 0 Å². The minimum absolute atomic E-state index is 0.207. The van der Waals surface area contributed by atoms with Crippen LogP contribution in [-0.4, -0.2) is 19.8 Å². The molecule has 0 amide bonds. The summed E-state index contributed by atoms with van der Waals surface area (Å²) in [5, 5.41) is 0.972. The molecule has 1 aromatic heterocycles. The Morgan fingerprint density at radius 3 is 2.55 bits per heavy atom. The van der Waals surface area contributed by atoms with E-state index in [2.05, 4.69) is 15.9 Å². The Labute approximate surface area is 140 Å². The number of sulfonamides is 1. The van der Waals surface area contributed by atoms with Crippen LogP contribution in [0.1, 0.15) is 5.56 Å². The van der Waals surface area contributed by atoms with Crippen molar-refractivity contribution in [1.82, 2.24) is 4.31 Å². The van der Waals surface area contributed by atoms with Crippen LogP contribution in [0.25, 0.3) is 0 Å². The third kappa shape index (κ3) is 3.55. The van der Waals surface area contributed by atoms with E-state index in [1.807, 2.05) is 6.07 Å². The Hall–Kier alpha value is -0.110. The molecule has 1 aromatic carbocycles. The summed E-state index contributed by atoms with van der Waals surface area (Å²) in [4.78, 5) is 0. The molecule has 0 spiro atoms. The minimum atomic E-state index is -3.56. The zero-order valence-corrected chi connectivity index (χ0v) is 15.0. The first kappa shape index (κ1) is 16.3. The Balaban J connectivity index is 2.25. The standard InChI is InChI=1S/C12H10BrCl2NO2S2/c1-16(7-8-3-2-4-9(14)5-8)20(17,18)11-6-10(15)12(13)19-11/h2-6H,7H2,1H3.